The van der Waals surface area contributed by atoms with E-state index in [-0.39, 0.29) is 37.0 Å². The first kappa shape index (κ1) is 31.8. The predicted octanol–water partition coefficient (Wildman–Crippen LogP) is 7.27. The van der Waals surface area contributed by atoms with Crippen molar-refractivity contribution in [3.8, 4) is 45.1 Å². The Morgan fingerprint density at radius 1 is 1.02 bits per heavy atom. The van der Waals surface area contributed by atoms with Crippen LogP contribution in [0.15, 0.2) is 79.0 Å². The van der Waals surface area contributed by atoms with Crippen LogP contribution in [0.4, 0.5) is 8.78 Å². The van der Waals surface area contributed by atoms with Gasteiger partial charge in [0.25, 0.3) is 0 Å². The fraction of sp³-hybridized carbons (Fsp3) is 0.211. The zero-order valence-electron chi connectivity index (χ0n) is 27.1. The van der Waals surface area contributed by atoms with Crippen molar-refractivity contribution in [3.63, 3.8) is 0 Å². The molecule has 0 fully saturated rings. The van der Waals surface area contributed by atoms with Crippen molar-refractivity contribution in [3.05, 3.63) is 102 Å². The number of rotatable bonds is 2. The van der Waals surface area contributed by atoms with E-state index in [1.54, 1.807) is 15.8 Å². The lowest BCUT2D eigenvalue weighted by Gasteiger charge is -2.27. The van der Waals surface area contributed by atoms with Crippen LogP contribution in [0.1, 0.15) is 11.3 Å². The third-order valence-electron chi connectivity index (χ3n) is 8.85. The number of hydrogen-bond acceptors (Lipinski definition) is 8. The fourth-order valence-electron chi connectivity index (χ4n) is 6.57. The molecule has 0 saturated carbocycles. The number of nitrogens with zero attached hydrogens (tertiary/aromatic N) is 5. The van der Waals surface area contributed by atoms with Gasteiger partial charge in [-0.3, -0.25) is 14.5 Å². The lowest BCUT2D eigenvalue weighted by molar-refractivity contribution is -0.126. The summed E-state index contributed by atoms with van der Waals surface area (Å²) < 4.78 is 51.6. The Morgan fingerprint density at radius 3 is 2.78 bits per heavy atom. The number of benzene rings is 2. The minimum atomic E-state index is -0.790. The van der Waals surface area contributed by atoms with Crippen molar-refractivity contribution in [1.29, 1.82) is 0 Å². The number of carbonyl (C=O) groups is 1. The second-order valence-corrected chi connectivity index (χ2v) is 13.0. The molecule has 0 aliphatic carbocycles. The molecule has 0 radical (unpaired) electrons. The molecule has 4 aromatic heterocycles. The van der Waals surface area contributed by atoms with Crippen molar-refractivity contribution in [1.82, 2.24) is 24.6 Å². The number of aryl methyl sites for hydroxylation is 1. The van der Waals surface area contributed by atoms with Gasteiger partial charge in [0, 0.05) is 95.0 Å². The smallest absolute Gasteiger partial charge is 0.246 e. The van der Waals surface area contributed by atoms with Crippen LogP contribution in [0, 0.1) is 11.6 Å². The molecule has 12 heteroatoms. The summed E-state index contributed by atoms with van der Waals surface area (Å²) in [6.45, 7) is 5.35. The standard InChI is InChI=1S/C38H31F2N5O4S/c1-3-33(46)45-8-6-29-23(21-45)14-22(19-41-29)36-35-34-28(40)16-25(39)17-32(34)49-12-11-47-9-4-5-10-48-31-18-30-24(20-44(2)43-30)15-27(31)37(42-36)26-7-13-50-38(26)35/h3-5,7,13-20H,1,6,8-12,21H2,2H3/b5-4+. The van der Waals surface area contributed by atoms with Crippen molar-refractivity contribution in [2.45, 2.75) is 13.0 Å². The summed E-state index contributed by atoms with van der Waals surface area (Å²) >= 11 is 1.42. The molecule has 6 aromatic rings. The number of carbonyl (C=O) groups excluding carboxylic acids is 1. The molecule has 0 atom stereocenters. The Balaban J connectivity index is 1.43. The minimum absolute atomic E-state index is 0.0333. The van der Waals surface area contributed by atoms with Crippen LogP contribution < -0.4 is 9.47 Å². The second kappa shape index (κ2) is 13.1. The van der Waals surface area contributed by atoms with Gasteiger partial charge < -0.3 is 19.1 Å². The van der Waals surface area contributed by atoms with Crippen molar-refractivity contribution >= 4 is 38.2 Å². The second-order valence-electron chi connectivity index (χ2n) is 12.1. The normalized spacial score (nSPS) is 15.5. The molecule has 0 N–H and O–H groups in total. The summed E-state index contributed by atoms with van der Waals surface area (Å²) in [4.78, 5) is 24.4. The van der Waals surface area contributed by atoms with E-state index in [0.29, 0.717) is 54.4 Å². The minimum Gasteiger partial charge on any atom is -0.490 e. The Bertz CT molecular complexity index is 2350. The first-order chi connectivity index (χ1) is 24.4. The van der Waals surface area contributed by atoms with E-state index in [0.717, 1.165) is 43.9 Å². The van der Waals surface area contributed by atoms with Crippen molar-refractivity contribution < 1.29 is 27.8 Å². The average molecular weight is 692 g/mol. The zero-order valence-corrected chi connectivity index (χ0v) is 27.9. The molecule has 2 aliphatic rings. The van der Waals surface area contributed by atoms with E-state index < -0.39 is 11.6 Å². The van der Waals surface area contributed by atoms with Crippen LogP contribution in [0.3, 0.4) is 0 Å². The number of aromatic nitrogens is 4. The lowest BCUT2D eigenvalue weighted by atomic mass is 9.93. The van der Waals surface area contributed by atoms with Gasteiger partial charge in [-0.25, -0.2) is 13.8 Å². The highest BCUT2D eigenvalue weighted by Gasteiger charge is 2.28. The Kier molecular flexibility index (Phi) is 8.33. The van der Waals surface area contributed by atoms with E-state index in [1.807, 2.05) is 55.0 Å². The van der Waals surface area contributed by atoms with E-state index in [4.69, 9.17) is 24.2 Å². The lowest BCUT2D eigenvalue weighted by Crippen LogP contribution is -2.35. The number of pyridine rings is 2. The van der Waals surface area contributed by atoms with Gasteiger partial charge in [0.1, 0.15) is 36.3 Å². The van der Waals surface area contributed by atoms with E-state index in [2.05, 4.69) is 11.7 Å². The molecule has 252 valence electrons. The molecule has 50 heavy (non-hydrogen) atoms. The summed E-state index contributed by atoms with van der Waals surface area (Å²) in [5.74, 6) is -1.12. The van der Waals surface area contributed by atoms with Crippen molar-refractivity contribution in [2.24, 2.45) is 7.05 Å². The molecule has 2 bridgehead atoms. The third kappa shape index (κ3) is 5.80. The maximum absolute atomic E-state index is 16.3. The topological polar surface area (TPSA) is 91.6 Å². The van der Waals surface area contributed by atoms with E-state index in [9.17, 15) is 9.18 Å². The Morgan fingerprint density at radius 2 is 1.90 bits per heavy atom. The molecule has 1 amide bonds. The molecule has 6 heterocycles. The van der Waals surface area contributed by atoms with Crippen LogP contribution in [-0.4, -0.2) is 63.5 Å². The summed E-state index contributed by atoms with van der Waals surface area (Å²) in [5, 5.41) is 8.17. The largest absolute Gasteiger partial charge is 0.490 e. The van der Waals surface area contributed by atoms with E-state index >= 15 is 4.39 Å². The quantitative estimate of drug-likeness (QED) is 0.139. The number of ether oxygens (including phenoxy) is 3. The van der Waals surface area contributed by atoms with E-state index in [1.165, 1.54) is 23.5 Å². The molecular formula is C38H31F2N5O4S. The third-order valence-corrected chi connectivity index (χ3v) is 9.78. The molecule has 2 aromatic carbocycles. The zero-order chi connectivity index (χ0) is 34.4. The fourth-order valence-corrected chi connectivity index (χ4v) is 7.52. The van der Waals surface area contributed by atoms with Gasteiger partial charge in [-0.2, -0.15) is 5.10 Å². The molecular weight excluding hydrogens is 661 g/mol. The van der Waals surface area contributed by atoms with Crippen LogP contribution in [0.5, 0.6) is 11.5 Å². The molecule has 2 aliphatic heterocycles. The Hall–Kier alpha value is -5.46. The molecule has 8 rings (SSSR count). The van der Waals surface area contributed by atoms with Crippen LogP contribution in [0.25, 0.3) is 54.6 Å². The molecule has 0 spiro atoms. The molecule has 0 saturated heterocycles. The first-order valence-electron chi connectivity index (χ1n) is 16.1. The molecule has 0 unspecified atom stereocenters. The van der Waals surface area contributed by atoms with Crippen LogP contribution in [0.2, 0.25) is 0 Å². The monoisotopic (exact) mass is 691 g/mol. The maximum atomic E-state index is 16.3. The SMILES string of the molecule is C=CC(=O)N1CCc2ncc(-c3nc4c5ccsc5c3-c3c(F)cc(F)cc3OCCOC/C=C/COc3cc5nn(C)cc5cc3-4)cc2C1. The number of halogens is 2. The summed E-state index contributed by atoms with van der Waals surface area (Å²) in [7, 11) is 1.86. The summed E-state index contributed by atoms with van der Waals surface area (Å²) in [5.41, 5.74) is 5.37. The van der Waals surface area contributed by atoms with Gasteiger partial charge in [0.2, 0.25) is 5.91 Å². The number of fused-ring (bicyclic) bond motifs is 6. The predicted molar refractivity (Wildman–Crippen MR) is 188 cm³/mol. The van der Waals surface area contributed by atoms with Gasteiger partial charge in [-0.05, 0) is 41.3 Å². The highest BCUT2D eigenvalue weighted by molar-refractivity contribution is 7.18. The highest BCUT2D eigenvalue weighted by atomic mass is 32.1. The summed E-state index contributed by atoms with van der Waals surface area (Å²) in [6, 6.07) is 9.84. The maximum Gasteiger partial charge on any atom is 0.246 e. The Labute approximate surface area is 290 Å². The number of thiophene rings is 1. The van der Waals surface area contributed by atoms with Gasteiger partial charge in [-0.15, -0.1) is 11.3 Å². The summed E-state index contributed by atoms with van der Waals surface area (Å²) in [6.07, 6.45) is 9.25. The molecule has 9 nitrogen and oxygen atoms in total. The van der Waals surface area contributed by atoms with Gasteiger partial charge in [-0.1, -0.05) is 12.7 Å². The van der Waals surface area contributed by atoms with Crippen LogP contribution in [-0.2, 0) is 29.5 Å². The number of hydrogen-bond donors (Lipinski definition) is 0. The highest BCUT2D eigenvalue weighted by Crippen LogP contribution is 2.48. The van der Waals surface area contributed by atoms with Crippen LogP contribution >= 0.6 is 11.3 Å². The van der Waals surface area contributed by atoms with Crippen molar-refractivity contribution in [2.75, 3.05) is 33.0 Å². The first-order valence-corrected chi connectivity index (χ1v) is 17.0. The number of amides is 1. The average Bonchev–Trinajstić information content (AvgIpc) is 3.75. The van der Waals surface area contributed by atoms with Gasteiger partial charge in [0.05, 0.1) is 35.7 Å². The van der Waals surface area contributed by atoms with Gasteiger partial charge in [0.15, 0.2) is 0 Å². The van der Waals surface area contributed by atoms with Gasteiger partial charge >= 0.3 is 0 Å².